The monoisotopic (exact) mass is 353 g/mol. The fourth-order valence-corrected chi connectivity index (χ4v) is 3.00. The summed E-state index contributed by atoms with van der Waals surface area (Å²) in [6.07, 6.45) is 2.21. The zero-order valence-electron chi connectivity index (χ0n) is 13.3. The van der Waals surface area contributed by atoms with Crippen LogP contribution >= 0.6 is 15.9 Å². The number of hydrogen-bond donors (Lipinski definition) is 0. The average Bonchev–Trinajstić information content (AvgIpc) is 2.36. The van der Waals surface area contributed by atoms with E-state index < -0.39 is 0 Å². The van der Waals surface area contributed by atoms with Gasteiger partial charge in [0.2, 0.25) is 0 Å². The van der Waals surface area contributed by atoms with Crippen LogP contribution < -0.4 is 4.74 Å². The van der Waals surface area contributed by atoms with Gasteiger partial charge in [-0.05, 0) is 50.3 Å². The Morgan fingerprint density at radius 3 is 2.43 bits per heavy atom. The summed E-state index contributed by atoms with van der Waals surface area (Å²) in [5, 5.41) is 0. The molecule has 4 heteroatoms. The van der Waals surface area contributed by atoms with E-state index >= 15 is 0 Å². The predicted octanol–water partition coefficient (Wildman–Crippen LogP) is 4.50. The molecule has 0 saturated carbocycles. The zero-order valence-corrected chi connectivity index (χ0v) is 14.9. The molecule has 21 heavy (non-hydrogen) atoms. The molecule has 0 aliphatic carbocycles. The third kappa shape index (κ3) is 4.47. The Morgan fingerprint density at radius 2 is 1.86 bits per heavy atom. The molecule has 0 atom stereocenters. The van der Waals surface area contributed by atoms with Gasteiger partial charge in [-0.25, -0.2) is 0 Å². The van der Waals surface area contributed by atoms with Crippen LogP contribution in [0.2, 0.25) is 0 Å². The number of piperidine rings is 1. The van der Waals surface area contributed by atoms with Gasteiger partial charge in [0.25, 0.3) is 5.91 Å². The number of likely N-dealkylation sites (tertiary alicyclic amines) is 1. The molecule has 0 N–H and O–H groups in total. The van der Waals surface area contributed by atoms with Gasteiger partial charge >= 0.3 is 0 Å². The average molecular weight is 354 g/mol. The first-order valence-electron chi connectivity index (χ1n) is 7.53. The predicted molar refractivity (Wildman–Crippen MR) is 88.8 cm³/mol. The smallest absolute Gasteiger partial charge is 0.254 e. The molecule has 1 aliphatic rings. The second kappa shape index (κ2) is 6.39. The van der Waals surface area contributed by atoms with Gasteiger partial charge in [0.15, 0.2) is 0 Å². The van der Waals surface area contributed by atoms with Crippen molar-refractivity contribution in [1.29, 1.82) is 0 Å². The molecular formula is C17H24BrNO2. The molecule has 0 aromatic heterocycles. The minimum atomic E-state index is 0.0954. The second-order valence-corrected chi connectivity index (χ2v) is 7.71. The fraction of sp³-hybridized carbons (Fsp3) is 0.588. The molecule has 0 radical (unpaired) electrons. The highest BCUT2D eigenvalue weighted by Gasteiger charge is 2.28. The zero-order chi connectivity index (χ0) is 15.6. The molecule has 2 rings (SSSR count). The van der Waals surface area contributed by atoms with Gasteiger partial charge in [-0.15, -0.1) is 0 Å². The lowest BCUT2D eigenvalue weighted by atomic mass is 9.82. The van der Waals surface area contributed by atoms with Crippen LogP contribution in [0.5, 0.6) is 5.75 Å². The lowest BCUT2D eigenvalue weighted by Gasteiger charge is -2.37. The van der Waals surface area contributed by atoms with Gasteiger partial charge in [0.05, 0.1) is 6.10 Å². The number of carbonyl (C=O) groups is 1. The van der Waals surface area contributed by atoms with Crippen molar-refractivity contribution in [3.05, 3.63) is 28.2 Å². The number of amides is 1. The molecule has 1 fully saturated rings. The number of nitrogens with zero attached hydrogens (tertiary/aromatic N) is 1. The highest BCUT2D eigenvalue weighted by Crippen LogP contribution is 2.31. The van der Waals surface area contributed by atoms with Gasteiger partial charge in [0, 0.05) is 23.1 Å². The van der Waals surface area contributed by atoms with Crippen molar-refractivity contribution >= 4 is 21.8 Å². The molecule has 0 spiro atoms. The third-order valence-electron chi connectivity index (χ3n) is 3.89. The Balaban J connectivity index is 2.14. The lowest BCUT2D eigenvalue weighted by Crippen LogP contribution is -2.41. The molecule has 1 amide bonds. The summed E-state index contributed by atoms with van der Waals surface area (Å²) in [5.74, 6) is 0.834. The Morgan fingerprint density at radius 1 is 1.24 bits per heavy atom. The van der Waals surface area contributed by atoms with Crippen molar-refractivity contribution < 1.29 is 9.53 Å². The van der Waals surface area contributed by atoms with E-state index in [1.165, 1.54) is 0 Å². The lowest BCUT2D eigenvalue weighted by molar-refractivity contribution is 0.0629. The summed E-state index contributed by atoms with van der Waals surface area (Å²) in [5.41, 5.74) is 1.04. The fourth-order valence-electron chi connectivity index (χ4n) is 2.52. The van der Waals surface area contributed by atoms with Crippen LogP contribution in [0.3, 0.4) is 0 Å². The van der Waals surface area contributed by atoms with Crippen molar-refractivity contribution in [2.45, 2.75) is 46.6 Å². The maximum atomic E-state index is 12.7. The first-order valence-corrected chi connectivity index (χ1v) is 8.33. The second-order valence-electron chi connectivity index (χ2n) is 6.80. The summed E-state index contributed by atoms with van der Waals surface area (Å²) in [6, 6.07) is 5.61. The topological polar surface area (TPSA) is 29.5 Å². The Bertz CT molecular complexity index is 516. The first-order chi connectivity index (χ1) is 9.77. The Labute approximate surface area is 135 Å². The van der Waals surface area contributed by atoms with Crippen LogP contribution in [0.25, 0.3) is 0 Å². The van der Waals surface area contributed by atoms with E-state index in [4.69, 9.17) is 4.74 Å². The minimum Gasteiger partial charge on any atom is -0.491 e. The van der Waals surface area contributed by atoms with E-state index in [9.17, 15) is 4.79 Å². The van der Waals surface area contributed by atoms with Crippen LogP contribution in [0.15, 0.2) is 22.7 Å². The third-order valence-corrected chi connectivity index (χ3v) is 4.35. The van der Waals surface area contributed by atoms with Gasteiger partial charge < -0.3 is 9.64 Å². The number of ether oxygens (including phenoxy) is 1. The maximum Gasteiger partial charge on any atom is 0.254 e. The SMILES string of the molecule is CC(C)Oc1cc(Br)cc(C(=O)N2CCC(C)(C)CC2)c1. The molecule has 0 bridgehead atoms. The van der Waals surface area contributed by atoms with Gasteiger partial charge in [-0.2, -0.15) is 0 Å². The number of hydrogen-bond acceptors (Lipinski definition) is 2. The summed E-state index contributed by atoms with van der Waals surface area (Å²) < 4.78 is 6.58. The van der Waals surface area contributed by atoms with E-state index in [1.807, 2.05) is 36.9 Å². The van der Waals surface area contributed by atoms with E-state index in [1.54, 1.807) is 0 Å². The van der Waals surface area contributed by atoms with E-state index in [2.05, 4.69) is 29.8 Å². The molecule has 1 aliphatic heterocycles. The standard InChI is InChI=1S/C17H24BrNO2/c1-12(2)21-15-10-13(9-14(18)11-15)16(20)19-7-5-17(3,4)6-8-19/h9-12H,5-8H2,1-4H3. The van der Waals surface area contributed by atoms with Crippen molar-refractivity contribution in [2.75, 3.05) is 13.1 Å². The number of halogens is 1. The molecule has 1 aromatic carbocycles. The highest BCUT2D eigenvalue weighted by atomic mass is 79.9. The summed E-state index contributed by atoms with van der Waals surface area (Å²) in [6.45, 7) is 10.2. The van der Waals surface area contributed by atoms with Crippen molar-refractivity contribution in [1.82, 2.24) is 4.90 Å². The summed E-state index contributed by atoms with van der Waals surface area (Å²) >= 11 is 3.46. The van der Waals surface area contributed by atoms with Gasteiger partial charge in [-0.1, -0.05) is 29.8 Å². The molecule has 1 heterocycles. The molecule has 1 aromatic rings. The maximum absolute atomic E-state index is 12.7. The molecular weight excluding hydrogens is 330 g/mol. The Kier molecular flexibility index (Phi) is 4.97. The van der Waals surface area contributed by atoms with Crippen LogP contribution in [-0.2, 0) is 0 Å². The molecule has 116 valence electrons. The van der Waals surface area contributed by atoms with E-state index in [0.29, 0.717) is 11.0 Å². The molecule has 3 nitrogen and oxygen atoms in total. The van der Waals surface area contributed by atoms with E-state index in [0.717, 1.165) is 36.2 Å². The van der Waals surface area contributed by atoms with Crippen LogP contribution in [0.4, 0.5) is 0 Å². The van der Waals surface area contributed by atoms with Crippen molar-refractivity contribution in [3.63, 3.8) is 0 Å². The van der Waals surface area contributed by atoms with Crippen LogP contribution in [0, 0.1) is 5.41 Å². The number of rotatable bonds is 3. The quantitative estimate of drug-likeness (QED) is 0.800. The number of carbonyl (C=O) groups excluding carboxylic acids is 1. The van der Waals surface area contributed by atoms with Crippen molar-refractivity contribution in [3.8, 4) is 5.75 Å². The Hall–Kier alpha value is -1.03. The summed E-state index contributed by atoms with van der Waals surface area (Å²) in [4.78, 5) is 14.6. The molecule has 1 saturated heterocycles. The minimum absolute atomic E-state index is 0.0954. The molecule has 0 unspecified atom stereocenters. The normalized spacial score (nSPS) is 17.9. The van der Waals surface area contributed by atoms with E-state index in [-0.39, 0.29) is 12.0 Å². The van der Waals surface area contributed by atoms with Crippen LogP contribution in [0.1, 0.15) is 50.9 Å². The van der Waals surface area contributed by atoms with Gasteiger partial charge in [-0.3, -0.25) is 4.79 Å². The highest BCUT2D eigenvalue weighted by molar-refractivity contribution is 9.10. The number of benzene rings is 1. The summed E-state index contributed by atoms with van der Waals surface area (Å²) in [7, 11) is 0. The van der Waals surface area contributed by atoms with Gasteiger partial charge in [0.1, 0.15) is 5.75 Å². The first kappa shape index (κ1) is 16.3. The van der Waals surface area contributed by atoms with Crippen LogP contribution in [-0.4, -0.2) is 30.0 Å². The largest absolute Gasteiger partial charge is 0.491 e. The van der Waals surface area contributed by atoms with Crippen molar-refractivity contribution in [2.24, 2.45) is 5.41 Å².